The summed E-state index contributed by atoms with van der Waals surface area (Å²) in [4.78, 5) is 13.3. The molecule has 0 aromatic heterocycles. The van der Waals surface area contributed by atoms with E-state index in [9.17, 15) is 4.79 Å². The Kier molecular flexibility index (Phi) is 4.58. The van der Waals surface area contributed by atoms with Crippen LogP contribution < -0.4 is 14.8 Å². The highest BCUT2D eigenvalue weighted by atomic mass is 16.6. The summed E-state index contributed by atoms with van der Waals surface area (Å²) in [5, 5.41) is 3.22. The Labute approximate surface area is 154 Å². The van der Waals surface area contributed by atoms with E-state index >= 15 is 0 Å². The third kappa shape index (κ3) is 3.05. The van der Waals surface area contributed by atoms with Crippen molar-refractivity contribution in [1.29, 1.82) is 0 Å². The molecule has 136 valence electrons. The van der Waals surface area contributed by atoms with Crippen molar-refractivity contribution in [3.8, 4) is 11.5 Å². The van der Waals surface area contributed by atoms with E-state index in [0.717, 1.165) is 42.7 Å². The SMILES string of the molecule is CC(NC(=O)C1(c2ccccc2)CCCC1)C1COc2ccccc2O1. The molecule has 1 aliphatic heterocycles. The zero-order valence-corrected chi connectivity index (χ0v) is 15.1. The van der Waals surface area contributed by atoms with E-state index < -0.39 is 5.41 Å². The molecule has 0 bridgehead atoms. The molecule has 1 heterocycles. The predicted octanol–water partition coefficient (Wildman–Crippen LogP) is 3.84. The van der Waals surface area contributed by atoms with E-state index in [1.165, 1.54) is 0 Å². The Morgan fingerprint density at radius 1 is 1.04 bits per heavy atom. The molecule has 2 atom stereocenters. The quantitative estimate of drug-likeness (QED) is 0.910. The van der Waals surface area contributed by atoms with Crippen molar-refractivity contribution < 1.29 is 14.3 Å². The molecule has 0 radical (unpaired) electrons. The van der Waals surface area contributed by atoms with Crippen molar-refractivity contribution >= 4 is 5.91 Å². The van der Waals surface area contributed by atoms with Crippen molar-refractivity contribution in [2.45, 2.75) is 50.2 Å². The molecule has 1 N–H and O–H groups in total. The van der Waals surface area contributed by atoms with Gasteiger partial charge in [-0.15, -0.1) is 0 Å². The van der Waals surface area contributed by atoms with E-state index in [2.05, 4.69) is 17.4 Å². The van der Waals surface area contributed by atoms with E-state index in [-0.39, 0.29) is 18.1 Å². The van der Waals surface area contributed by atoms with Gasteiger partial charge in [0, 0.05) is 0 Å². The van der Waals surface area contributed by atoms with Crippen LogP contribution in [0.5, 0.6) is 11.5 Å². The van der Waals surface area contributed by atoms with Gasteiger partial charge >= 0.3 is 0 Å². The van der Waals surface area contributed by atoms with Gasteiger partial charge in [-0.25, -0.2) is 0 Å². The van der Waals surface area contributed by atoms with Gasteiger partial charge in [0.15, 0.2) is 17.6 Å². The Balaban J connectivity index is 1.49. The summed E-state index contributed by atoms with van der Waals surface area (Å²) in [5.41, 5.74) is 0.705. The van der Waals surface area contributed by atoms with Crippen LogP contribution in [0.3, 0.4) is 0 Å². The van der Waals surface area contributed by atoms with E-state index in [1.54, 1.807) is 0 Å². The van der Waals surface area contributed by atoms with Crippen LogP contribution in [0.2, 0.25) is 0 Å². The lowest BCUT2D eigenvalue weighted by atomic mass is 9.78. The first-order valence-electron chi connectivity index (χ1n) is 9.44. The molecule has 0 saturated heterocycles. The summed E-state index contributed by atoms with van der Waals surface area (Å²) in [6.07, 6.45) is 3.80. The molecule has 2 aromatic rings. The van der Waals surface area contributed by atoms with Gasteiger partial charge < -0.3 is 14.8 Å². The van der Waals surface area contributed by atoms with Gasteiger partial charge in [-0.2, -0.15) is 0 Å². The van der Waals surface area contributed by atoms with Crippen LogP contribution in [0, 0.1) is 0 Å². The molecule has 2 unspecified atom stereocenters. The van der Waals surface area contributed by atoms with Gasteiger partial charge in [-0.1, -0.05) is 55.3 Å². The maximum absolute atomic E-state index is 13.3. The van der Waals surface area contributed by atoms with Crippen molar-refractivity contribution in [3.63, 3.8) is 0 Å². The molecule has 1 aliphatic carbocycles. The van der Waals surface area contributed by atoms with E-state index in [0.29, 0.717) is 6.61 Å². The molecular weight excluding hydrogens is 326 g/mol. The minimum Gasteiger partial charge on any atom is -0.486 e. The Morgan fingerprint density at radius 2 is 1.69 bits per heavy atom. The molecule has 1 fully saturated rings. The molecule has 1 saturated carbocycles. The van der Waals surface area contributed by atoms with Gasteiger partial charge in [-0.3, -0.25) is 4.79 Å². The third-order valence-electron chi connectivity index (χ3n) is 5.67. The number of rotatable bonds is 4. The first kappa shape index (κ1) is 17.0. The number of amides is 1. The normalized spacial score (nSPS) is 21.8. The van der Waals surface area contributed by atoms with Crippen molar-refractivity contribution in [2.75, 3.05) is 6.61 Å². The topological polar surface area (TPSA) is 47.6 Å². The van der Waals surface area contributed by atoms with Crippen LogP contribution in [0.15, 0.2) is 54.6 Å². The van der Waals surface area contributed by atoms with Gasteiger partial charge in [0.2, 0.25) is 5.91 Å². The number of carbonyl (C=O) groups is 1. The Hall–Kier alpha value is -2.49. The molecular formula is C22H25NO3. The average molecular weight is 351 g/mol. The molecule has 26 heavy (non-hydrogen) atoms. The highest BCUT2D eigenvalue weighted by molar-refractivity contribution is 5.88. The number of hydrogen-bond donors (Lipinski definition) is 1. The largest absolute Gasteiger partial charge is 0.486 e. The number of para-hydroxylation sites is 2. The number of hydrogen-bond acceptors (Lipinski definition) is 3. The van der Waals surface area contributed by atoms with Crippen molar-refractivity contribution in [1.82, 2.24) is 5.32 Å². The molecule has 4 nitrogen and oxygen atoms in total. The second-order valence-corrected chi connectivity index (χ2v) is 7.33. The number of ether oxygens (including phenoxy) is 2. The fourth-order valence-electron chi connectivity index (χ4n) is 4.10. The second kappa shape index (κ2) is 7.02. The fourth-order valence-corrected chi connectivity index (χ4v) is 4.10. The van der Waals surface area contributed by atoms with Gasteiger partial charge in [0.05, 0.1) is 11.5 Å². The lowest BCUT2D eigenvalue weighted by Gasteiger charge is -2.34. The number of nitrogens with one attached hydrogen (secondary N) is 1. The highest BCUT2D eigenvalue weighted by Crippen LogP contribution is 2.41. The van der Waals surface area contributed by atoms with E-state index in [4.69, 9.17) is 9.47 Å². The zero-order chi connectivity index (χ0) is 18.0. The second-order valence-electron chi connectivity index (χ2n) is 7.33. The lowest BCUT2D eigenvalue weighted by molar-refractivity contribution is -0.128. The lowest BCUT2D eigenvalue weighted by Crippen LogP contribution is -2.53. The van der Waals surface area contributed by atoms with Crippen molar-refractivity contribution in [2.24, 2.45) is 0 Å². The molecule has 2 aromatic carbocycles. The average Bonchev–Trinajstić information content (AvgIpc) is 3.19. The van der Waals surface area contributed by atoms with Crippen LogP contribution in [0.1, 0.15) is 38.2 Å². The first-order valence-corrected chi connectivity index (χ1v) is 9.44. The zero-order valence-electron chi connectivity index (χ0n) is 15.1. The standard InChI is InChI=1S/C22H25NO3/c1-16(20-15-25-18-11-5-6-12-19(18)26-20)23-21(24)22(13-7-8-14-22)17-9-3-2-4-10-17/h2-6,9-12,16,20H,7-8,13-15H2,1H3,(H,23,24). The Morgan fingerprint density at radius 3 is 2.42 bits per heavy atom. The van der Waals surface area contributed by atoms with Crippen molar-refractivity contribution in [3.05, 3.63) is 60.2 Å². The van der Waals surface area contributed by atoms with Gasteiger partial charge in [0.25, 0.3) is 0 Å². The smallest absolute Gasteiger partial charge is 0.230 e. The minimum absolute atomic E-state index is 0.108. The maximum Gasteiger partial charge on any atom is 0.230 e. The fraction of sp³-hybridized carbons (Fsp3) is 0.409. The highest BCUT2D eigenvalue weighted by Gasteiger charge is 2.43. The number of benzene rings is 2. The van der Waals surface area contributed by atoms with Crippen LogP contribution in [-0.4, -0.2) is 24.7 Å². The summed E-state index contributed by atoms with van der Waals surface area (Å²) < 4.78 is 11.9. The molecule has 2 aliphatic rings. The summed E-state index contributed by atoms with van der Waals surface area (Å²) in [6.45, 7) is 2.43. The minimum atomic E-state index is -0.414. The first-order chi connectivity index (χ1) is 12.7. The molecule has 4 rings (SSSR count). The maximum atomic E-state index is 13.3. The molecule has 4 heteroatoms. The van der Waals surface area contributed by atoms with E-state index in [1.807, 2.05) is 49.4 Å². The summed E-state index contributed by atoms with van der Waals surface area (Å²) >= 11 is 0. The van der Waals surface area contributed by atoms with Gasteiger partial charge in [0.1, 0.15) is 6.61 Å². The van der Waals surface area contributed by atoms with Crippen LogP contribution in [0.4, 0.5) is 0 Å². The molecule has 1 amide bonds. The summed E-state index contributed by atoms with van der Waals surface area (Å²) in [6, 6.07) is 17.7. The third-order valence-corrected chi connectivity index (χ3v) is 5.67. The molecule has 0 spiro atoms. The van der Waals surface area contributed by atoms with Crippen LogP contribution in [-0.2, 0) is 10.2 Å². The van der Waals surface area contributed by atoms with Gasteiger partial charge in [-0.05, 0) is 37.5 Å². The number of carbonyl (C=O) groups excluding carboxylic acids is 1. The van der Waals surface area contributed by atoms with Crippen LogP contribution >= 0.6 is 0 Å². The number of fused-ring (bicyclic) bond motifs is 1. The van der Waals surface area contributed by atoms with Crippen LogP contribution in [0.25, 0.3) is 0 Å². The Bertz CT molecular complexity index is 768. The summed E-state index contributed by atoms with van der Waals surface area (Å²) in [7, 11) is 0. The monoisotopic (exact) mass is 351 g/mol. The summed E-state index contributed by atoms with van der Waals surface area (Å²) in [5.74, 6) is 1.61. The predicted molar refractivity (Wildman–Crippen MR) is 101 cm³/mol.